The minimum absolute atomic E-state index is 0.135. The minimum atomic E-state index is -4.59. The highest BCUT2D eigenvalue weighted by atomic mass is 32.2. The molecule has 1 rings (SSSR count). The first-order valence-electron chi connectivity index (χ1n) is 6.12. The maximum absolute atomic E-state index is 12.9. The summed E-state index contributed by atoms with van der Waals surface area (Å²) in [5.74, 6) is 4.56. The normalized spacial score (nSPS) is 12.1. The fraction of sp³-hybridized carbons (Fsp3) is 0.462. The number of halogens is 3. The number of nitrogens with one attached hydrogen (secondary N) is 2. The lowest BCUT2D eigenvalue weighted by Crippen LogP contribution is -2.36. The second kappa shape index (κ2) is 6.57. The Morgan fingerprint density at radius 1 is 1.33 bits per heavy atom. The van der Waals surface area contributed by atoms with E-state index in [-0.39, 0.29) is 10.3 Å². The molecule has 4 N–H and O–H groups in total. The van der Waals surface area contributed by atoms with Crippen molar-refractivity contribution >= 4 is 23.4 Å². The molecule has 0 saturated heterocycles. The number of benzene rings is 1. The average Bonchev–Trinajstić information content (AvgIpc) is 2.43. The minimum Gasteiger partial charge on any atom is -0.351 e. The molecule has 8 heteroatoms. The summed E-state index contributed by atoms with van der Waals surface area (Å²) in [6, 6.07) is 3.35. The Kier molecular flexibility index (Phi) is 5.52. The summed E-state index contributed by atoms with van der Waals surface area (Å²) in [6.07, 6.45) is -2.69. The van der Waals surface area contributed by atoms with Crippen LogP contribution < -0.4 is 16.6 Å². The van der Waals surface area contributed by atoms with Crippen molar-refractivity contribution in [1.29, 1.82) is 0 Å². The zero-order valence-corrected chi connectivity index (χ0v) is 12.8. The number of carbonyl (C=O) groups is 1. The van der Waals surface area contributed by atoms with Gasteiger partial charge in [-0.15, -0.1) is 0 Å². The van der Waals surface area contributed by atoms with Gasteiger partial charge in [0.2, 0.25) is 0 Å². The summed E-state index contributed by atoms with van der Waals surface area (Å²) in [4.78, 5) is 12.1. The van der Waals surface area contributed by atoms with Crippen LogP contribution in [-0.2, 0) is 6.18 Å². The Morgan fingerprint density at radius 2 is 1.95 bits per heavy atom. The van der Waals surface area contributed by atoms with Gasteiger partial charge in [0, 0.05) is 11.3 Å². The molecule has 0 radical (unpaired) electrons. The number of thioether (sulfide) groups is 1. The molecule has 0 bridgehead atoms. The number of carbonyl (C=O) groups excluding carboxylic acids is 1. The van der Waals surface area contributed by atoms with Crippen molar-refractivity contribution in [3.05, 3.63) is 29.3 Å². The number of para-hydroxylation sites is 1. The predicted molar refractivity (Wildman–Crippen MR) is 79.2 cm³/mol. The Labute approximate surface area is 125 Å². The van der Waals surface area contributed by atoms with E-state index in [9.17, 15) is 18.0 Å². The van der Waals surface area contributed by atoms with E-state index < -0.39 is 23.3 Å². The van der Waals surface area contributed by atoms with Gasteiger partial charge in [0.05, 0.1) is 16.8 Å². The maximum atomic E-state index is 12.9. The molecule has 0 saturated carbocycles. The molecule has 4 nitrogen and oxygen atoms in total. The van der Waals surface area contributed by atoms with E-state index in [2.05, 4.69) is 5.32 Å². The third-order valence-electron chi connectivity index (χ3n) is 2.99. The van der Waals surface area contributed by atoms with Crippen LogP contribution in [0.15, 0.2) is 18.2 Å². The van der Waals surface area contributed by atoms with Crippen molar-refractivity contribution in [3.63, 3.8) is 0 Å². The first-order valence-corrected chi connectivity index (χ1v) is 7.35. The Bertz CT molecular complexity index is 518. The number of hydrazine groups is 1. The number of anilines is 1. The van der Waals surface area contributed by atoms with Gasteiger partial charge in [-0.2, -0.15) is 24.9 Å². The summed E-state index contributed by atoms with van der Waals surface area (Å²) >= 11 is 1.55. The number of hydrogen-bond donors (Lipinski definition) is 3. The highest BCUT2D eigenvalue weighted by Crippen LogP contribution is 2.36. The molecule has 0 fully saturated rings. The summed E-state index contributed by atoms with van der Waals surface area (Å²) in [5, 5.41) is 2.62. The van der Waals surface area contributed by atoms with Crippen molar-refractivity contribution in [2.75, 3.05) is 18.2 Å². The van der Waals surface area contributed by atoms with Crippen molar-refractivity contribution in [2.24, 2.45) is 5.84 Å². The first-order chi connectivity index (χ1) is 9.62. The third kappa shape index (κ3) is 4.53. The highest BCUT2D eigenvalue weighted by Gasteiger charge is 2.35. The largest absolute Gasteiger partial charge is 0.418 e. The van der Waals surface area contributed by atoms with E-state index in [0.717, 1.165) is 6.07 Å². The summed E-state index contributed by atoms with van der Waals surface area (Å²) in [6.45, 7) is 4.17. The molecule has 1 aromatic carbocycles. The van der Waals surface area contributed by atoms with Gasteiger partial charge in [0.25, 0.3) is 5.91 Å². The van der Waals surface area contributed by atoms with Gasteiger partial charge in [0.1, 0.15) is 0 Å². The van der Waals surface area contributed by atoms with Gasteiger partial charge in [-0.1, -0.05) is 6.07 Å². The molecule has 0 aromatic heterocycles. The Hall–Kier alpha value is -1.41. The quantitative estimate of drug-likeness (QED) is 0.576. The molecular formula is C13H18F3N3OS. The van der Waals surface area contributed by atoms with Gasteiger partial charge < -0.3 is 10.7 Å². The van der Waals surface area contributed by atoms with Crippen LogP contribution in [0.5, 0.6) is 0 Å². The first kappa shape index (κ1) is 17.6. The van der Waals surface area contributed by atoms with Gasteiger partial charge in [-0.3, -0.25) is 10.6 Å². The molecule has 21 heavy (non-hydrogen) atoms. The van der Waals surface area contributed by atoms with Gasteiger partial charge in [0.15, 0.2) is 0 Å². The van der Waals surface area contributed by atoms with Crippen molar-refractivity contribution in [1.82, 2.24) is 5.32 Å². The van der Waals surface area contributed by atoms with E-state index in [1.165, 1.54) is 12.1 Å². The standard InChI is InChI=1S/C13H18F3N3OS/c1-12(2,21-3)7-18-11(20)8-5-4-6-9(10(8)19-17)13(14,15)16/h4-6,19H,7,17H2,1-3H3,(H,18,20). The SMILES string of the molecule is CSC(C)(C)CNC(=O)c1cccc(C(F)(F)F)c1NN. The van der Waals surface area contributed by atoms with Crippen molar-refractivity contribution < 1.29 is 18.0 Å². The summed E-state index contributed by atoms with van der Waals surface area (Å²) in [7, 11) is 0. The van der Waals surface area contributed by atoms with E-state index in [4.69, 9.17) is 5.84 Å². The van der Waals surface area contributed by atoms with Crippen molar-refractivity contribution in [3.8, 4) is 0 Å². The second-order valence-electron chi connectivity index (χ2n) is 5.02. The fourth-order valence-electron chi connectivity index (χ4n) is 1.59. The maximum Gasteiger partial charge on any atom is 0.418 e. The molecule has 0 spiro atoms. The molecular weight excluding hydrogens is 303 g/mol. The Morgan fingerprint density at radius 3 is 2.43 bits per heavy atom. The third-order valence-corrected chi connectivity index (χ3v) is 4.24. The van der Waals surface area contributed by atoms with Gasteiger partial charge >= 0.3 is 6.18 Å². The van der Waals surface area contributed by atoms with Crippen LogP contribution in [-0.4, -0.2) is 23.5 Å². The zero-order valence-electron chi connectivity index (χ0n) is 12.0. The van der Waals surface area contributed by atoms with Gasteiger partial charge in [-0.25, -0.2) is 0 Å². The molecule has 0 heterocycles. The number of nitrogen functional groups attached to an aromatic ring is 1. The zero-order chi connectivity index (χ0) is 16.3. The van der Waals surface area contributed by atoms with Crippen molar-refractivity contribution in [2.45, 2.75) is 24.8 Å². The van der Waals surface area contributed by atoms with Crippen LogP contribution in [0.1, 0.15) is 29.8 Å². The van der Waals surface area contributed by atoms with Crippen LogP contribution in [0, 0.1) is 0 Å². The molecule has 118 valence electrons. The second-order valence-corrected chi connectivity index (χ2v) is 6.53. The molecule has 0 unspecified atom stereocenters. The predicted octanol–water partition coefficient (Wildman–Crippen LogP) is 2.86. The average molecular weight is 321 g/mol. The van der Waals surface area contributed by atoms with Crippen LogP contribution >= 0.6 is 11.8 Å². The lowest BCUT2D eigenvalue weighted by Gasteiger charge is -2.23. The highest BCUT2D eigenvalue weighted by molar-refractivity contribution is 7.99. The van der Waals surface area contributed by atoms with Crippen LogP contribution in [0.4, 0.5) is 18.9 Å². The topological polar surface area (TPSA) is 67.2 Å². The molecule has 0 aliphatic rings. The summed E-state index contributed by atoms with van der Waals surface area (Å²) in [5.41, 5.74) is 0.445. The van der Waals surface area contributed by atoms with Crippen LogP contribution in [0.25, 0.3) is 0 Å². The van der Waals surface area contributed by atoms with Crippen LogP contribution in [0.2, 0.25) is 0 Å². The monoisotopic (exact) mass is 321 g/mol. The summed E-state index contributed by atoms with van der Waals surface area (Å²) < 4.78 is 38.4. The van der Waals surface area contributed by atoms with Gasteiger partial charge in [-0.05, 0) is 32.2 Å². The number of nitrogens with two attached hydrogens (primary N) is 1. The van der Waals surface area contributed by atoms with E-state index in [0.29, 0.717) is 6.54 Å². The smallest absolute Gasteiger partial charge is 0.351 e. The number of hydrogen-bond acceptors (Lipinski definition) is 4. The number of amides is 1. The van der Waals surface area contributed by atoms with E-state index in [1.54, 1.807) is 11.8 Å². The van der Waals surface area contributed by atoms with E-state index >= 15 is 0 Å². The molecule has 1 aromatic rings. The van der Waals surface area contributed by atoms with Crippen LogP contribution in [0.3, 0.4) is 0 Å². The Balaban J connectivity index is 3.05. The molecule has 0 aliphatic heterocycles. The number of rotatable bonds is 5. The molecule has 0 atom stereocenters. The lowest BCUT2D eigenvalue weighted by atomic mass is 10.1. The number of alkyl halides is 3. The lowest BCUT2D eigenvalue weighted by molar-refractivity contribution is -0.137. The fourth-order valence-corrected chi connectivity index (χ4v) is 1.81. The molecule has 1 amide bonds. The van der Waals surface area contributed by atoms with E-state index in [1.807, 2.05) is 25.5 Å². The molecule has 0 aliphatic carbocycles.